The van der Waals surface area contributed by atoms with Gasteiger partial charge in [-0.25, -0.2) is 0 Å². The van der Waals surface area contributed by atoms with Crippen LogP contribution in [-0.4, -0.2) is 18.9 Å². The first-order chi connectivity index (χ1) is 14.5. The summed E-state index contributed by atoms with van der Waals surface area (Å²) in [6.45, 7) is 4.06. The summed E-state index contributed by atoms with van der Waals surface area (Å²) in [7, 11) is 1.56. The molecule has 0 spiro atoms. The Balaban J connectivity index is 1.83. The van der Waals surface area contributed by atoms with E-state index in [1.165, 1.54) is 4.90 Å². The van der Waals surface area contributed by atoms with E-state index in [9.17, 15) is 9.59 Å². The second kappa shape index (κ2) is 7.99. The van der Waals surface area contributed by atoms with E-state index in [-0.39, 0.29) is 18.4 Å². The van der Waals surface area contributed by atoms with Gasteiger partial charge in [0, 0.05) is 17.8 Å². The van der Waals surface area contributed by atoms with E-state index in [0.29, 0.717) is 11.4 Å². The van der Waals surface area contributed by atoms with Crippen molar-refractivity contribution in [2.45, 2.75) is 26.4 Å². The zero-order valence-electron chi connectivity index (χ0n) is 17.3. The van der Waals surface area contributed by atoms with Crippen LogP contribution in [0.3, 0.4) is 0 Å². The monoisotopic (exact) mass is 402 g/mol. The minimum absolute atomic E-state index is 0.154. The Labute approximate surface area is 175 Å². The van der Waals surface area contributed by atoms with Crippen molar-refractivity contribution < 1.29 is 18.9 Å². The highest BCUT2D eigenvalue weighted by molar-refractivity contribution is 6.06. The van der Waals surface area contributed by atoms with Gasteiger partial charge in [0.05, 0.1) is 12.8 Å². The molecule has 2 heterocycles. The lowest BCUT2D eigenvalue weighted by molar-refractivity contribution is -0.695. The smallest absolute Gasteiger partial charge is 0.294 e. The van der Waals surface area contributed by atoms with Gasteiger partial charge in [0.1, 0.15) is 5.75 Å². The van der Waals surface area contributed by atoms with E-state index < -0.39 is 6.04 Å². The van der Waals surface area contributed by atoms with Gasteiger partial charge in [0.25, 0.3) is 11.8 Å². The molecule has 6 nitrogen and oxygen atoms in total. The molecule has 0 fully saturated rings. The number of fused-ring (bicyclic) bond motifs is 1. The van der Waals surface area contributed by atoms with Gasteiger partial charge in [0.15, 0.2) is 6.20 Å². The molecule has 6 heteroatoms. The van der Waals surface area contributed by atoms with Gasteiger partial charge < -0.3 is 10.1 Å². The van der Waals surface area contributed by atoms with Crippen LogP contribution in [0.5, 0.6) is 5.75 Å². The second-order valence-corrected chi connectivity index (χ2v) is 7.35. The summed E-state index contributed by atoms with van der Waals surface area (Å²) in [4.78, 5) is 28.3. The number of rotatable bonds is 4. The zero-order valence-corrected chi connectivity index (χ0v) is 17.3. The molecule has 1 aliphatic rings. The van der Waals surface area contributed by atoms with E-state index in [2.05, 4.69) is 5.32 Å². The summed E-state index contributed by atoms with van der Waals surface area (Å²) < 4.78 is 7.31. The molecule has 1 aromatic heterocycles. The number of benzene rings is 2. The number of carbonyl (C=O) groups excluding carboxylic acids is 2. The Bertz CT molecular complexity index is 1110. The fourth-order valence-electron chi connectivity index (χ4n) is 3.94. The molecule has 2 amide bonds. The first-order valence-electron chi connectivity index (χ1n) is 9.82. The van der Waals surface area contributed by atoms with E-state index >= 15 is 0 Å². The topological polar surface area (TPSA) is 62.5 Å². The highest BCUT2D eigenvalue weighted by atomic mass is 16.5. The first-order valence-corrected chi connectivity index (χ1v) is 9.82. The predicted octanol–water partition coefficient (Wildman–Crippen LogP) is 3.33. The molecule has 152 valence electrons. The van der Waals surface area contributed by atoms with E-state index in [0.717, 1.165) is 22.5 Å². The maximum absolute atomic E-state index is 13.6. The molecule has 0 radical (unpaired) electrons. The fraction of sp³-hybridized carbons (Fsp3) is 0.208. The van der Waals surface area contributed by atoms with E-state index in [4.69, 9.17) is 4.74 Å². The lowest BCUT2D eigenvalue weighted by atomic mass is 10.0. The molecule has 0 saturated heterocycles. The summed E-state index contributed by atoms with van der Waals surface area (Å²) in [5.41, 5.74) is 4.02. The van der Waals surface area contributed by atoms with Crippen molar-refractivity contribution in [3.8, 4) is 5.75 Å². The van der Waals surface area contributed by atoms with Crippen LogP contribution in [0.4, 0.5) is 11.4 Å². The van der Waals surface area contributed by atoms with Crippen LogP contribution in [-0.2, 0) is 16.1 Å². The fourth-order valence-corrected chi connectivity index (χ4v) is 3.94. The highest BCUT2D eigenvalue weighted by Gasteiger charge is 2.44. The first kappa shape index (κ1) is 19.6. The molecular weight excluding hydrogens is 378 g/mol. The number of methoxy groups -OCH3 is 1. The van der Waals surface area contributed by atoms with E-state index in [1.54, 1.807) is 19.2 Å². The average molecular weight is 402 g/mol. The quantitative estimate of drug-likeness (QED) is 0.681. The summed E-state index contributed by atoms with van der Waals surface area (Å²) >= 11 is 0. The van der Waals surface area contributed by atoms with Crippen molar-refractivity contribution in [2.75, 3.05) is 17.3 Å². The van der Waals surface area contributed by atoms with Crippen LogP contribution in [0.1, 0.15) is 22.9 Å². The number of aryl methyl sites for hydroxylation is 2. The molecule has 2 aromatic carbocycles. The molecule has 1 unspecified atom stereocenters. The highest BCUT2D eigenvalue weighted by Crippen LogP contribution is 2.36. The predicted molar refractivity (Wildman–Crippen MR) is 114 cm³/mol. The van der Waals surface area contributed by atoms with Gasteiger partial charge in [-0.3, -0.25) is 14.5 Å². The number of amides is 2. The van der Waals surface area contributed by atoms with Crippen molar-refractivity contribution in [3.05, 3.63) is 83.7 Å². The van der Waals surface area contributed by atoms with Crippen LogP contribution in [0, 0.1) is 13.8 Å². The van der Waals surface area contributed by atoms with Crippen LogP contribution in [0.25, 0.3) is 0 Å². The van der Waals surface area contributed by atoms with Crippen molar-refractivity contribution in [3.63, 3.8) is 0 Å². The molecule has 0 aliphatic carbocycles. The zero-order chi connectivity index (χ0) is 21.3. The van der Waals surface area contributed by atoms with Crippen molar-refractivity contribution in [1.29, 1.82) is 0 Å². The normalized spacial score (nSPS) is 15.5. The largest absolute Gasteiger partial charge is 0.495 e. The molecule has 1 atom stereocenters. The van der Waals surface area contributed by atoms with Gasteiger partial charge >= 0.3 is 0 Å². The number of aromatic nitrogens is 1. The van der Waals surface area contributed by atoms with Crippen LogP contribution in [0.2, 0.25) is 0 Å². The summed E-state index contributed by atoms with van der Waals surface area (Å²) in [6, 6.07) is 17.9. The van der Waals surface area contributed by atoms with Gasteiger partial charge in [-0.05, 0) is 37.1 Å². The maximum atomic E-state index is 13.6. The average Bonchev–Trinajstić information content (AvgIpc) is 2.75. The standard InChI is InChI=1S/C24H23N3O3/c1-16-9-8-10-17(2)22(16)25-24(29)23-19-12-6-7-14-26(19)15-21(28)27(23)18-11-4-5-13-20(18)30-3/h4-14,23H,15H2,1-3H3/p+1. The van der Waals surface area contributed by atoms with E-state index in [1.807, 2.05) is 73.1 Å². The number of hydrogen-bond acceptors (Lipinski definition) is 3. The Hall–Kier alpha value is -3.67. The number of pyridine rings is 1. The summed E-state index contributed by atoms with van der Waals surface area (Å²) in [6.07, 6.45) is 1.83. The minimum atomic E-state index is -0.831. The number of nitrogens with one attached hydrogen (secondary N) is 1. The third kappa shape index (κ3) is 3.41. The molecule has 0 saturated carbocycles. The van der Waals surface area contributed by atoms with Crippen LogP contribution < -0.4 is 19.5 Å². The summed E-state index contributed by atoms with van der Waals surface area (Å²) in [5.74, 6) is 0.0938. The molecular formula is C24H24N3O3+. The summed E-state index contributed by atoms with van der Waals surface area (Å²) in [5, 5.41) is 3.06. The molecule has 1 aliphatic heterocycles. The molecule has 0 bridgehead atoms. The molecule has 3 aromatic rings. The van der Waals surface area contributed by atoms with Gasteiger partial charge in [0.2, 0.25) is 18.3 Å². The number of anilines is 2. The SMILES string of the molecule is COc1ccccc1N1C(=O)C[n+]2ccccc2C1C(=O)Nc1c(C)cccc1C. The lowest BCUT2D eigenvalue weighted by Crippen LogP contribution is -2.58. The molecule has 1 N–H and O–H groups in total. The number of hydrogen-bond donors (Lipinski definition) is 1. The second-order valence-electron chi connectivity index (χ2n) is 7.35. The number of carbonyl (C=O) groups is 2. The molecule has 30 heavy (non-hydrogen) atoms. The Kier molecular flexibility index (Phi) is 5.23. The van der Waals surface area contributed by atoms with Gasteiger partial charge in [-0.15, -0.1) is 0 Å². The lowest BCUT2D eigenvalue weighted by Gasteiger charge is -2.33. The van der Waals surface area contributed by atoms with Crippen LogP contribution in [0.15, 0.2) is 66.9 Å². The number of nitrogens with zero attached hydrogens (tertiary/aromatic N) is 2. The third-order valence-corrected chi connectivity index (χ3v) is 5.41. The number of para-hydroxylation sites is 3. The minimum Gasteiger partial charge on any atom is -0.495 e. The van der Waals surface area contributed by atoms with Crippen molar-refractivity contribution in [2.24, 2.45) is 0 Å². The Morgan fingerprint density at radius 3 is 2.47 bits per heavy atom. The Morgan fingerprint density at radius 2 is 1.73 bits per heavy atom. The van der Waals surface area contributed by atoms with Gasteiger partial charge in [-0.1, -0.05) is 36.4 Å². The van der Waals surface area contributed by atoms with Crippen molar-refractivity contribution >= 4 is 23.2 Å². The van der Waals surface area contributed by atoms with Crippen molar-refractivity contribution in [1.82, 2.24) is 0 Å². The van der Waals surface area contributed by atoms with Crippen LogP contribution >= 0.6 is 0 Å². The van der Waals surface area contributed by atoms with Gasteiger partial charge in [-0.2, -0.15) is 4.57 Å². The third-order valence-electron chi connectivity index (χ3n) is 5.41. The number of ether oxygens (including phenoxy) is 1. The Morgan fingerprint density at radius 1 is 1.03 bits per heavy atom. The molecule has 4 rings (SSSR count). The maximum Gasteiger partial charge on any atom is 0.294 e.